The molecule has 0 unspecified atom stereocenters. The molecule has 148 valence electrons. The number of aliphatic hydroxyl groups excluding tert-OH is 1. The summed E-state index contributed by atoms with van der Waals surface area (Å²) in [5, 5.41) is 12.6. The van der Waals surface area contributed by atoms with Gasteiger partial charge in [-0.2, -0.15) is 0 Å². The van der Waals surface area contributed by atoms with Crippen molar-refractivity contribution in [3.8, 4) is 5.75 Å². The van der Waals surface area contributed by atoms with Crippen molar-refractivity contribution in [2.24, 2.45) is 0 Å². The van der Waals surface area contributed by atoms with Crippen molar-refractivity contribution in [1.29, 1.82) is 0 Å². The van der Waals surface area contributed by atoms with E-state index in [-0.39, 0.29) is 43.0 Å². The third-order valence-corrected chi connectivity index (χ3v) is 4.86. The fourth-order valence-corrected chi connectivity index (χ4v) is 3.72. The van der Waals surface area contributed by atoms with Gasteiger partial charge in [0.05, 0.1) is 32.8 Å². The lowest BCUT2D eigenvalue weighted by molar-refractivity contribution is -0.156. The first-order valence-corrected chi connectivity index (χ1v) is 8.99. The monoisotopic (exact) mass is 378 g/mol. The van der Waals surface area contributed by atoms with Crippen molar-refractivity contribution in [2.75, 3.05) is 39.7 Å². The molecule has 0 aliphatic carbocycles. The van der Waals surface area contributed by atoms with E-state index in [0.29, 0.717) is 18.7 Å². The smallest absolute Gasteiger partial charge is 0.308 e. The Kier molecular flexibility index (Phi) is 5.98. The minimum atomic E-state index is -0.516. The molecule has 2 aliphatic rings. The van der Waals surface area contributed by atoms with Crippen LogP contribution in [-0.4, -0.2) is 74.6 Å². The number of nitrogens with one attached hydrogen (secondary N) is 1. The Morgan fingerprint density at radius 1 is 1.37 bits per heavy atom. The summed E-state index contributed by atoms with van der Waals surface area (Å²) >= 11 is 0. The molecule has 0 aromatic heterocycles. The minimum Gasteiger partial charge on any atom is -0.487 e. The SMILES string of the molecule is COC(=O)C[C@H]1C[C@H]2c3cc(NC(=O)CN(C)C)ccc3O[C@H]2[C@@H](CO)O1. The number of ether oxygens (including phenoxy) is 3. The number of nitrogens with zero attached hydrogens (tertiary/aromatic N) is 1. The first kappa shape index (κ1) is 19.6. The lowest BCUT2D eigenvalue weighted by Gasteiger charge is -2.36. The summed E-state index contributed by atoms with van der Waals surface area (Å²) in [6, 6.07) is 5.52. The predicted octanol–water partition coefficient (Wildman–Crippen LogP) is 0.744. The topological polar surface area (TPSA) is 97.3 Å². The first-order valence-electron chi connectivity index (χ1n) is 8.99. The highest BCUT2D eigenvalue weighted by Gasteiger charge is 2.46. The van der Waals surface area contributed by atoms with E-state index in [4.69, 9.17) is 14.2 Å². The van der Waals surface area contributed by atoms with Gasteiger partial charge in [-0.25, -0.2) is 0 Å². The summed E-state index contributed by atoms with van der Waals surface area (Å²) in [5.74, 6) is 0.251. The molecule has 1 saturated heterocycles. The van der Waals surface area contributed by atoms with Crippen LogP contribution in [0.25, 0.3) is 0 Å². The van der Waals surface area contributed by atoms with E-state index < -0.39 is 6.10 Å². The number of methoxy groups -OCH3 is 1. The molecule has 2 aliphatic heterocycles. The average molecular weight is 378 g/mol. The molecule has 3 rings (SSSR count). The Labute approximate surface area is 158 Å². The van der Waals surface area contributed by atoms with Crippen molar-refractivity contribution in [2.45, 2.75) is 37.1 Å². The molecule has 8 heteroatoms. The number of hydrogen-bond acceptors (Lipinski definition) is 7. The number of carbonyl (C=O) groups is 2. The van der Waals surface area contributed by atoms with Crippen LogP contribution in [0.2, 0.25) is 0 Å². The third-order valence-electron chi connectivity index (χ3n) is 4.86. The van der Waals surface area contributed by atoms with Crippen molar-refractivity contribution in [3.63, 3.8) is 0 Å². The maximum absolute atomic E-state index is 12.0. The zero-order valence-corrected chi connectivity index (χ0v) is 15.8. The van der Waals surface area contributed by atoms with E-state index in [9.17, 15) is 14.7 Å². The average Bonchev–Trinajstić information content (AvgIpc) is 2.98. The summed E-state index contributed by atoms with van der Waals surface area (Å²) in [6.45, 7) is 0.0977. The van der Waals surface area contributed by atoms with Crippen LogP contribution in [0.15, 0.2) is 18.2 Å². The zero-order valence-electron chi connectivity index (χ0n) is 15.8. The van der Waals surface area contributed by atoms with E-state index in [2.05, 4.69) is 5.32 Å². The summed E-state index contributed by atoms with van der Waals surface area (Å²) in [5.41, 5.74) is 1.65. The molecule has 4 atom stereocenters. The number of fused-ring (bicyclic) bond motifs is 3. The van der Waals surface area contributed by atoms with Gasteiger partial charge in [0.1, 0.15) is 18.0 Å². The van der Waals surface area contributed by atoms with E-state index in [1.54, 1.807) is 11.0 Å². The summed E-state index contributed by atoms with van der Waals surface area (Å²) in [7, 11) is 5.01. The second kappa shape index (κ2) is 8.24. The number of anilines is 1. The first-order chi connectivity index (χ1) is 12.9. The fourth-order valence-electron chi connectivity index (χ4n) is 3.72. The van der Waals surface area contributed by atoms with Crippen LogP contribution in [-0.2, 0) is 19.1 Å². The molecule has 0 radical (unpaired) electrons. The van der Waals surface area contributed by atoms with Crippen LogP contribution in [0.3, 0.4) is 0 Å². The van der Waals surface area contributed by atoms with Crippen LogP contribution in [0.1, 0.15) is 24.3 Å². The fraction of sp³-hybridized carbons (Fsp3) is 0.579. The van der Waals surface area contributed by atoms with Crippen LogP contribution >= 0.6 is 0 Å². The maximum atomic E-state index is 12.0. The number of hydrogen-bond donors (Lipinski definition) is 2. The standard InChI is InChI=1S/C19H26N2O6/c1-21(2)9-17(23)20-11-4-5-15-13(6-11)14-7-12(8-18(24)25-3)26-16(10-22)19(14)27-15/h4-6,12,14,16,19,22H,7-10H2,1-3H3,(H,20,23)/t12-,14+,16-,19-/m1/s1. The van der Waals surface area contributed by atoms with Crippen LogP contribution in [0.4, 0.5) is 5.69 Å². The molecule has 1 fully saturated rings. The summed E-state index contributed by atoms with van der Waals surface area (Å²) in [4.78, 5) is 25.4. The lowest BCUT2D eigenvalue weighted by atomic mass is 9.84. The zero-order chi connectivity index (χ0) is 19.6. The Hall–Kier alpha value is -2.16. The number of carbonyl (C=O) groups excluding carboxylic acids is 2. The highest BCUT2D eigenvalue weighted by molar-refractivity contribution is 5.92. The van der Waals surface area contributed by atoms with Crippen molar-refractivity contribution >= 4 is 17.6 Å². The second-order valence-electron chi connectivity index (χ2n) is 7.22. The molecule has 0 bridgehead atoms. The number of esters is 1. The Balaban J connectivity index is 1.78. The van der Waals surface area contributed by atoms with Crippen LogP contribution in [0, 0.1) is 0 Å². The van der Waals surface area contributed by atoms with E-state index >= 15 is 0 Å². The second-order valence-corrected chi connectivity index (χ2v) is 7.22. The highest BCUT2D eigenvalue weighted by Crippen LogP contribution is 2.47. The molecular formula is C19H26N2O6. The molecule has 27 heavy (non-hydrogen) atoms. The highest BCUT2D eigenvalue weighted by atomic mass is 16.6. The summed E-state index contributed by atoms with van der Waals surface area (Å²) < 4.78 is 16.6. The van der Waals surface area contributed by atoms with E-state index in [1.165, 1.54) is 7.11 Å². The summed E-state index contributed by atoms with van der Waals surface area (Å²) in [6.07, 6.45) is -0.468. The number of aliphatic hydroxyl groups is 1. The normalized spacial score (nSPS) is 26.1. The van der Waals surface area contributed by atoms with E-state index in [0.717, 1.165) is 11.3 Å². The third kappa shape index (κ3) is 4.40. The van der Waals surface area contributed by atoms with Gasteiger partial charge in [0, 0.05) is 17.2 Å². The maximum Gasteiger partial charge on any atom is 0.308 e. The molecule has 1 aromatic rings. The molecule has 8 nitrogen and oxygen atoms in total. The molecule has 1 aromatic carbocycles. The number of benzene rings is 1. The molecule has 1 amide bonds. The molecule has 2 heterocycles. The minimum absolute atomic E-state index is 0.0220. The van der Waals surface area contributed by atoms with Gasteiger partial charge in [0.2, 0.25) is 5.91 Å². The Bertz CT molecular complexity index is 707. The lowest BCUT2D eigenvalue weighted by Crippen LogP contribution is -2.46. The molecule has 0 spiro atoms. The predicted molar refractivity (Wildman–Crippen MR) is 97.8 cm³/mol. The number of likely N-dealkylation sites (N-methyl/N-ethyl adjacent to an activating group) is 1. The van der Waals surface area contributed by atoms with Gasteiger partial charge in [0.25, 0.3) is 0 Å². The van der Waals surface area contributed by atoms with Gasteiger partial charge in [0.15, 0.2) is 0 Å². The Morgan fingerprint density at radius 3 is 2.81 bits per heavy atom. The van der Waals surface area contributed by atoms with Gasteiger partial charge in [-0.1, -0.05) is 0 Å². The van der Waals surface area contributed by atoms with Gasteiger partial charge in [-0.05, 0) is 38.7 Å². The molecular weight excluding hydrogens is 352 g/mol. The Morgan fingerprint density at radius 2 is 2.15 bits per heavy atom. The van der Waals surface area contributed by atoms with Crippen molar-refractivity contribution in [3.05, 3.63) is 23.8 Å². The van der Waals surface area contributed by atoms with Gasteiger partial charge >= 0.3 is 5.97 Å². The number of rotatable bonds is 6. The molecule has 0 saturated carbocycles. The largest absolute Gasteiger partial charge is 0.487 e. The van der Waals surface area contributed by atoms with Crippen molar-refractivity contribution < 1.29 is 28.9 Å². The van der Waals surface area contributed by atoms with Gasteiger partial charge < -0.3 is 29.5 Å². The van der Waals surface area contributed by atoms with Crippen LogP contribution < -0.4 is 10.1 Å². The van der Waals surface area contributed by atoms with Gasteiger partial charge in [-0.15, -0.1) is 0 Å². The number of amides is 1. The van der Waals surface area contributed by atoms with Crippen molar-refractivity contribution in [1.82, 2.24) is 4.90 Å². The van der Waals surface area contributed by atoms with Crippen LogP contribution in [0.5, 0.6) is 5.75 Å². The van der Waals surface area contributed by atoms with Gasteiger partial charge in [-0.3, -0.25) is 9.59 Å². The quantitative estimate of drug-likeness (QED) is 0.705. The molecule has 2 N–H and O–H groups in total. The van der Waals surface area contributed by atoms with E-state index in [1.807, 2.05) is 26.2 Å².